The van der Waals surface area contributed by atoms with Crippen LogP contribution in [0, 0.1) is 5.82 Å². The molecule has 1 aliphatic heterocycles. The molecule has 0 unspecified atom stereocenters. The van der Waals surface area contributed by atoms with Crippen LogP contribution in [-0.4, -0.2) is 30.7 Å². The monoisotopic (exact) mass is 267 g/mol. The normalized spacial score (nSPS) is 19.6. The summed E-state index contributed by atoms with van der Waals surface area (Å²) >= 11 is 0. The predicted molar refractivity (Wildman–Crippen MR) is 68.4 cm³/mol. The second kappa shape index (κ2) is 6.89. The van der Waals surface area contributed by atoms with Gasteiger partial charge in [0, 0.05) is 31.9 Å². The van der Waals surface area contributed by atoms with Crippen LogP contribution in [0.5, 0.6) is 0 Å². The Balaban J connectivity index is 0.00000112. The van der Waals surface area contributed by atoms with Gasteiger partial charge in [0.25, 0.3) is 0 Å². The van der Waals surface area contributed by atoms with Crippen LogP contribution < -0.4 is 10.2 Å². The number of anilines is 1. The van der Waals surface area contributed by atoms with Gasteiger partial charge in [0.2, 0.25) is 0 Å². The molecule has 92 valence electrons. The van der Waals surface area contributed by atoms with Crippen LogP contribution >= 0.6 is 24.8 Å². The molecule has 0 saturated carbocycles. The molecule has 6 heteroatoms. The van der Waals surface area contributed by atoms with Gasteiger partial charge >= 0.3 is 0 Å². The fourth-order valence-electron chi connectivity index (χ4n) is 1.78. The number of hydrogen-bond donors (Lipinski definition) is 1. The summed E-state index contributed by atoms with van der Waals surface area (Å²) < 4.78 is 13.4. The number of hydrogen-bond acceptors (Lipinski definition) is 3. The first kappa shape index (κ1) is 15.4. The molecule has 16 heavy (non-hydrogen) atoms. The number of halogens is 3. The van der Waals surface area contributed by atoms with Gasteiger partial charge in [-0.05, 0) is 13.0 Å². The summed E-state index contributed by atoms with van der Waals surface area (Å²) in [6.45, 7) is 4.71. The standard InChI is InChI=1S/C10H14FN3.2ClH/c1-8-7-14(5-4-13-8)10-2-3-12-6-9(10)11;;/h2-3,6,8,13H,4-5,7H2,1H3;2*1H/t8-;;/m1../s1. The van der Waals surface area contributed by atoms with Crippen molar-refractivity contribution in [1.29, 1.82) is 0 Å². The first-order valence-corrected chi connectivity index (χ1v) is 4.85. The van der Waals surface area contributed by atoms with Crippen LogP contribution in [0.25, 0.3) is 0 Å². The van der Waals surface area contributed by atoms with Crippen molar-refractivity contribution in [3.8, 4) is 0 Å². The smallest absolute Gasteiger partial charge is 0.164 e. The summed E-state index contributed by atoms with van der Waals surface area (Å²) in [5.41, 5.74) is 0.661. The average molecular weight is 268 g/mol. The summed E-state index contributed by atoms with van der Waals surface area (Å²) in [5.74, 6) is -0.235. The minimum atomic E-state index is -0.235. The lowest BCUT2D eigenvalue weighted by Gasteiger charge is -2.33. The van der Waals surface area contributed by atoms with E-state index in [-0.39, 0.29) is 30.6 Å². The highest BCUT2D eigenvalue weighted by Crippen LogP contribution is 2.18. The topological polar surface area (TPSA) is 28.2 Å². The van der Waals surface area contributed by atoms with E-state index in [1.54, 1.807) is 12.3 Å². The Hall–Kier alpha value is -0.580. The van der Waals surface area contributed by atoms with Gasteiger partial charge in [-0.15, -0.1) is 24.8 Å². The summed E-state index contributed by atoms with van der Waals surface area (Å²) in [4.78, 5) is 5.80. The van der Waals surface area contributed by atoms with E-state index in [2.05, 4.69) is 22.1 Å². The Morgan fingerprint density at radius 1 is 1.50 bits per heavy atom. The van der Waals surface area contributed by atoms with Crippen molar-refractivity contribution in [2.45, 2.75) is 13.0 Å². The molecule has 1 saturated heterocycles. The fourth-order valence-corrected chi connectivity index (χ4v) is 1.78. The van der Waals surface area contributed by atoms with Gasteiger partial charge in [-0.1, -0.05) is 0 Å². The lowest BCUT2D eigenvalue weighted by molar-refractivity contribution is 0.478. The van der Waals surface area contributed by atoms with Crippen molar-refractivity contribution in [1.82, 2.24) is 10.3 Å². The minimum Gasteiger partial charge on any atom is -0.366 e. The van der Waals surface area contributed by atoms with Crippen LogP contribution in [0.3, 0.4) is 0 Å². The SMILES string of the molecule is C[C@@H]1CN(c2ccncc2F)CCN1.Cl.Cl. The quantitative estimate of drug-likeness (QED) is 0.842. The van der Waals surface area contributed by atoms with Gasteiger partial charge in [0.15, 0.2) is 5.82 Å². The Morgan fingerprint density at radius 2 is 2.25 bits per heavy atom. The second-order valence-corrected chi connectivity index (χ2v) is 3.63. The third-order valence-electron chi connectivity index (χ3n) is 2.46. The van der Waals surface area contributed by atoms with Crippen LogP contribution in [0.1, 0.15) is 6.92 Å². The molecule has 0 bridgehead atoms. The van der Waals surface area contributed by atoms with Crippen molar-refractivity contribution < 1.29 is 4.39 Å². The first-order chi connectivity index (χ1) is 6.77. The molecule has 0 amide bonds. The Morgan fingerprint density at radius 3 is 2.88 bits per heavy atom. The van der Waals surface area contributed by atoms with E-state index in [4.69, 9.17) is 0 Å². The van der Waals surface area contributed by atoms with E-state index in [1.165, 1.54) is 6.20 Å². The van der Waals surface area contributed by atoms with E-state index >= 15 is 0 Å². The zero-order valence-corrected chi connectivity index (χ0v) is 10.7. The van der Waals surface area contributed by atoms with Crippen molar-refractivity contribution in [2.24, 2.45) is 0 Å². The van der Waals surface area contributed by atoms with Crippen LogP contribution in [0.4, 0.5) is 10.1 Å². The van der Waals surface area contributed by atoms with Gasteiger partial charge in [-0.25, -0.2) is 4.39 Å². The summed E-state index contributed by atoms with van der Waals surface area (Å²) in [6.07, 6.45) is 2.90. The molecule has 2 heterocycles. The molecule has 1 aliphatic rings. The number of nitrogens with one attached hydrogen (secondary N) is 1. The van der Waals surface area contributed by atoms with Crippen LogP contribution in [0.2, 0.25) is 0 Å². The number of piperazine rings is 1. The molecule has 2 rings (SSSR count). The maximum Gasteiger partial charge on any atom is 0.164 e. The zero-order chi connectivity index (χ0) is 9.97. The second-order valence-electron chi connectivity index (χ2n) is 3.63. The van der Waals surface area contributed by atoms with E-state index < -0.39 is 0 Å². The molecule has 3 nitrogen and oxygen atoms in total. The molecule has 1 aromatic heterocycles. The average Bonchev–Trinajstić information content (AvgIpc) is 2.18. The molecule has 1 atom stereocenters. The number of rotatable bonds is 1. The lowest BCUT2D eigenvalue weighted by atomic mass is 10.2. The molecular weight excluding hydrogens is 252 g/mol. The Bertz CT molecular complexity index is 325. The van der Waals surface area contributed by atoms with Gasteiger partial charge in [-0.3, -0.25) is 4.98 Å². The predicted octanol–water partition coefficient (Wildman–Crippen LogP) is 1.86. The summed E-state index contributed by atoms with van der Waals surface area (Å²) in [7, 11) is 0. The maximum absolute atomic E-state index is 13.4. The number of aromatic nitrogens is 1. The van der Waals surface area contributed by atoms with Crippen molar-refractivity contribution >= 4 is 30.5 Å². The minimum absolute atomic E-state index is 0. The highest BCUT2D eigenvalue weighted by atomic mass is 35.5. The van der Waals surface area contributed by atoms with Gasteiger partial charge in [-0.2, -0.15) is 0 Å². The number of nitrogens with zero attached hydrogens (tertiary/aromatic N) is 2. The van der Waals surface area contributed by atoms with Gasteiger partial charge in [0.1, 0.15) is 0 Å². The highest BCUT2D eigenvalue weighted by Gasteiger charge is 2.18. The number of pyridine rings is 1. The molecule has 0 spiro atoms. The Labute approximate surface area is 107 Å². The summed E-state index contributed by atoms with van der Waals surface area (Å²) in [6, 6.07) is 2.14. The van der Waals surface area contributed by atoms with E-state index in [9.17, 15) is 4.39 Å². The summed E-state index contributed by atoms with van der Waals surface area (Å²) in [5, 5.41) is 3.32. The highest BCUT2D eigenvalue weighted by molar-refractivity contribution is 5.85. The van der Waals surface area contributed by atoms with Crippen molar-refractivity contribution in [2.75, 3.05) is 24.5 Å². The molecule has 0 radical (unpaired) electrons. The van der Waals surface area contributed by atoms with E-state index in [0.29, 0.717) is 11.7 Å². The molecular formula is C10H16Cl2FN3. The molecule has 0 aliphatic carbocycles. The molecule has 1 fully saturated rings. The van der Waals surface area contributed by atoms with Gasteiger partial charge < -0.3 is 10.2 Å². The third-order valence-corrected chi connectivity index (χ3v) is 2.46. The first-order valence-electron chi connectivity index (χ1n) is 4.85. The van der Waals surface area contributed by atoms with Crippen molar-refractivity contribution in [3.05, 3.63) is 24.3 Å². The molecule has 0 aromatic carbocycles. The van der Waals surface area contributed by atoms with E-state index in [0.717, 1.165) is 19.6 Å². The zero-order valence-electron chi connectivity index (χ0n) is 9.02. The van der Waals surface area contributed by atoms with E-state index in [1.807, 2.05) is 0 Å². The van der Waals surface area contributed by atoms with Crippen LogP contribution in [0.15, 0.2) is 18.5 Å². The fraction of sp³-hybridized carbons (Fsp3) is 0.500. The third kappa shape index (κ3) is 3.47. The largest absolute Gasteiger partial charge is 0.366 e. The lowest BCUT2D eigenvalue weighted by Crippen LogP contribution is -2.49. The Kier molecular flexibility index (Phi) is 6.64. The molecule has 1 N–H and O–H groups in total. The maximum atomic E-state index is 13.4. The van der Waals surface area contributed by atoms with Gasteiger partial charge in [0.05, 0.1) is 11.9 Å². The van der Waals surface area contributed by atoms with Crippen LogP contribution in [-0.2, 0) is 0 Å². The van der Waals surface area contributed by atoms with Crippen molar-refractivity contribution in [3.63, 3.8) is 0 Å². The molecule has 1 aromatic rings.